The Morgan fingerprint density at radius 1 is 1.06 bits per heavy atom. The summed E-state index contributed by atoms with van der Waals surface area (Å²) in [4.78, 5) is 26.8. The van der Waals surface area contributed by atoms with Crippen LogP contribution in [0.2, 0.25) is 0 Å². The SMILES string of the molecule is CCc1ccc(NC(=O)NC2CCN(c3nc(N4CCOCC4)c4sccc4n3)CC2)cc1. The first kappa shape index (κ1) is 21.9. The third kappa shape index (κ3) is 5.04. The minimum absolute atomic E-state index is 0.139. The summed E-state index contributed by atoms with van der Waals surface area (Å²) in [5, 5.41) is 8.14. The molecular weight excluding hydrogens is 436 g/mol. The topological polar surface area (TPSA) is 82.6 Å². The second-order valence-electron chi connectivity index (χ2n) is 8.49. The fraction of sp³-hybridized carbons (Fsp3) is 0.458. The number of nitrogens with zero attached hydrogens (tertiary/aromatic N) is 4. The third-order valence-electron chi connectivity index (χ3n) is 6.32. The highest BCUT2D eigenvalue weighted by molar-refractivity contribution is 7.17. The Kier molecular flexibility index (Phi) is 6.59. The van der Waals surface area contributed by atoms with Gasteiger partial charge in [0.25, 0.3) is 0 Å². The Morgan fingerprint density at radius 2 is 1.82 bits per heavy atom. The minimum Gasteiger partial charge on any atom is -0.378 e. The Hall–Kier alpha value is -2.91. The molecule has 0 aliphatic carbocycles. The van der Waals surface area contributed by atoms with E-state index >= 15 is 0 Å². The van der Waals surface area contributed by atoms with Crippen molar-refractivity contribution in [2.75, 3.05) is 54.5 Å². The first-order chi connectivity index (χ1) is 16.2. The summed E-state index contributed by atoms with van der Waals surface area (Å²) in [5.74, 6) is 1.79. The van der Waals surface area contributed by atoms with Crippen molar-refractivity contribution in [2.45, 2.75) is 32.2 Å². The molecule has 33 heavy (non-hydrogen) atoms. The van der Waals surface area contributed by atoms with Crippen molar-refractivity contribution in [3.8, 4) is 0 Å². The van der Waals surface area contributed by atoms with Gasteiger partial charge in [0.05, 0.1) is 23.4 Å². The average molecular weight is 467 g/mol. The number of hydrogen-bond acceptors (Lipinski definition) is 7. The number of piperidine rings is 1. The second kappa shape index (κ2) is 9.93. The van der Waals surface area contributed by atoms with Gasteiger partial charge in [0, 0.05) is 37.9 Å². The highest BCUT2D eigenvalue weighted by Gasteiger charge is 2.25. The lowest BCUT2D eigenvalue weighted by molar-refractivity contribution is 0.122. The van der Waals surface area contributed by atoms with Crippen LogP contribution in [-0.2, 0) is 11.2 Å². The van der Waals surface area contributed by atoms with Crippen LogP contribution < -0.4 is 20.4 Å². The molecule has 0 unspecified atom stereocenters. The number of carbonyl (C=O) groups excluding carboxylic acids is 1. The number of amides is 2. The van der Waals surface area contributed by atoms with Gasteiger partial charge in [-0.3, -0.25) is 0 Å². The number of carbonyl (C=O) groups is 1. The summed E-state index contributed by atoms with van der Waals surface area (Å²) in [6.45, 7) is 6.91. The normalized spacial score (nSPS) is 17.4. The molecule has 0 saturated carbocycles. The molecule has 2 fully saturated rings. The van der Waals surface area contributed by atoms with Crippen molar-refractivity contribution in [1.29, 1.82) is 0 Å². The van der Waals surface area contributed by atoms with Crippen LogP contribution >= 0.6 is 11.3 Å². The summed E-state index contributed by atoms with van der Waals surface area (Å²) >= 11 is 1.69. The van der Waals surface area contributed by atoms with E-state index in [-0.39, 0.29) is 12.1 Å². The van der Waals surface area contributed by atoms with Crippen LogP contribution in [0.5, 0.6) is 0 Å². The van der Waals surface area contributed by atoms with Crippen molar-refractivity contribution in [3.05, 3.63) is 41.3 Å². The third-order valence-corrected chi connectivity index (χ3v) is 7.22. The molecule has 174 valence electrons. The molecule has 4 heterocycles. The van der Waals surface area contributed by atoms with E-state index in [1.807, 2.05) is 24.3 Å². The van der Waals surface area contributed by atoms with Gasteiger partial charge >= 0.3 is 6.03 Å². The molecule has 1 aromatic carbocycles. The maximum absolute atomic E-state index is 12.4. The van der Waals surface area contributed by atoms with Gasteiger partial charge in [-0.15, -0.1) is 11.3 Å². The van der Waals surface area contributed by atoms with Gasteiger partial charge in [-0.1, -0.05) is 19.1 Å². The summed E-state index contributed by atoms with van der Waals surface area (Å²) in [6.07, 6.45) is 2.71. The molecule has 2 aromatic heterocycles. The van der Waals surface area contributed by atoms with Gasteiger partial charge in [0.15, 0.2) is 5.82 Å². The van der Waals surface area contributed by atoms with Crippen LogP contribution in [0, 0.1) is 0 Å². The number of aromatic nitrogens is 2. The molecule has 8 nitrogen and oxygen atoms in total. The summed E-state index contributed by atoms with van der Waals surface area (Å²) in [5.41, 5.74) is 3.07. The monoisotopic (exact) mass is 466 g/mol. The maximum Gasteiger partial charge on any atom is 0.319 e. The number of rotatable bonds is 5. The number of urea groups is 1. The molecule has 9 heteroatoms. The van der Waals surface area contributed by atoms with Crippen LogP contribution in [0.4, 0.5) is 22.2 Å². The van der Waals surface area contributed by atoms with Crippen LogP contribution in [0.25, 0.3) is 10.2 Å². The van der Waals surface area contributed by atoms with E-state index in [0.29, 0.717) is 0 Å². The van der Waals surface area contributed by atoms with E-state index in [2.05, 4.69) is 38.8 Å². The van der Waals surface area contributed by atoms with Crippen molar-refractivity contribution in [3.63, 3.8) is 0 Å². The molecule has 2 amide bonds. The van der Waals surface area contributed by atoms with E-state index in [9.17, 15) is 4.79 Å². The standard InChI is InChI=1S/C24H30N6O2S/c1-2-17-3-5-18(6-4-17)25-24(31)26-19-7-10-30(11-8-19)23-27-20-9-16-33-21(20)22(28-23)29-12-14-32-15-13-29/h3-6,9,16,19H,2,7-8,10-15H2,1H3,(H2,25,26,31). The lowest BCUT2D eigenvalue weighted by Gasteiger charge is -2.33. The number of nitrogens with one attached hydrogen (secondary N) is 2. The number of ether oxygens (including phenoxy) is 1. The van der Waals surface area contributed by atoms with Crippen molar-refractivity contribution in [2.24, 2.45) is 0 Å². The van der Waals surface area contributed by atoms with Crippen LogP contribution in [-0.4, -0.2) is 61.4 Å². The highest BCUT2D eigenvalue weighted by atomic mass is 32.1. The lowest BCUT2D eigenvalue weighted by Crippen LogP contribution is -2.46. The Balaban J connectivity index is 1.20. The smallest absolute Gasteiger partial charge is 0.319 e. The molecule has 2 N–H and O–H groups in total. The highest BCUT2D eigenvalue weighted by Crippen LogP contribution is 2.32. The molecule has 5 rings (SSSR count). The molecule has 0 bridgehead atoms. The van der Waals surface area contributed by atoms with Crippen LogP contribution in [0.1, 0.15) is 25.3 Å². The Labute approximate surface area is 198 Å². The predicted octanol–water partition coefficient (Wildman–Crippen LogP) is 3.88. The fourth-order valence-corrected chi connectivity index (χ4v) is 5.21. The minimum atomic E-state index is -0.150. The van der Waals surface area contributed by atoms with Crippen molar-refractivity contribution >= 4 is 45.0 Å². The van der Waals surface area contributed by atoms with E-state index in [1.165, 1.54) is 5.56 Å². The number of aryl methyl sites for hydroxylation is 1. The zero-order valence-corrected chi connectivity index (χ0v) is 19.7. The number of fused-ring (bicyclic) bond motifs is 1. The molecular formula is C24H30N6O2S. The fourth-order valence-electron chi connectivity index (χ4n) is 4.37. The number of hydrogen-bond donors (Lipinski definition) is 2. The van der Waals surface area contributed by atoms with Gasteiger partial charge in [0.1, 0.15) is 0 Å². The average Bonchev–Trinajstić information content (AvgIpc) is 3.34. The summed E-state index contributed by atoms with van der Waals surface area (Å²) in [6, 6.07) is 10.0. The molecule has 3 aromatic rings. The molecule has 2 aliphatic rings. The molecule has 2 saturated heterocycles. The molecule has 0 atom stereocenters. The quantitative estimate of drug-likeness (QED) is 0.594. The van der Waals surface area contributed by atoms with Gasteiger partial charge < -0.3 is 25.2 Å². The van der Waals surface area contributed by atoms with Gasteiger partial charge in [-0.05, 0) is 48.4 Å². The zero-order valence-electron chi connectivity index (χ0n) is 18.9. The first-order valence-electron chi connectivity index (χ1n) is 11.7. The van der Waals surface area contributed by atoms with E-state index in [4.69, 9.17) is 14.7 Å². The zero-order chi connectivity index (χ0) is 22.6. The van der Waals surface area contributed by atoms with Crippen LogP contribution in [0.3, 0.4) is 0 Å². The van der Waals surface area contributed by atoms with Crippen molar-refractivity contribution < 1.29 is 9.53 Å². The summed E-state index contributed by atoms with van der Waals surface area (Å²) < 4.78 is 6.66. The number of thiophene rings is 1. The van der Waals surface area contributed by atoms with Gasteiger partial charge in [0.2, 0.25) is 5.95 Å². The Bertz CT molecular complexity index is 1090. The maximum atomic E-state index is 12.4. The number of morpholine rings is 1. The Morgan fingerprint density at radius 3 is 2.55 bits per heavy atom. The molecule has 0 spiro atoms. The molecule has 0 radical (unpaired) electrons. The van der Waals surface area contributed by atoms with Crippen molar-refractivity contribution in [1.82, 2.24) is 15.3 Å². The van der Waals surface area contributed by atoms with E-state index < -0.39 is 0 Å². The van der Waals surface area contributed by atoms with Gasteiger partial charge in [-0.25, -0.2) is 9.78 Å². The number of benzene rings is 1. The lowest BCUT2D eigenvalue weighted by atomic mass is 10.1. The number of anilines is 3. The van der Waals surface area contributed by atoms with Gasteiger partial charge in [-0.2, -0.15) is 4.98 Å². The van der Waals surface area contributed by atoms with Crippen LogP contribution in [0.15, 0.2) is 35.7 Å². The predicted molar refractivity (Wildman–Crippen MR) is 134 cm³/mol. The van der Waals surface area contributed by atoms with E-state index in [1.54, 1.807) is 11.3 Å². The second-order valence-corrected chi connectivity index (χ2v) is 9.41. The first-order valence-corrected chi connectivity index (χ1v) is 12.6. The summed E-state index contributed by atoms with van der Waals surface area (Å²) in [7, 11) is 0. The largest absolute Gasteiger partial charge is 0.378 e. The molecule has 2 aliphatic heterocycles. The van der Waals surface area contributed by atoms with E-state index in [0.717, 1.165) is 86.3 Å².